The molecule has 2 rings (SSSR count). The molecule has 0 saturated carbocycles. The second-order valence-electron chi connectivity index (χ2n) is 3.36. The maximum absolute atomic E-state index is 5.96. The minimum atomic E-state index is 0.686. The van der Waals surface area contributed by atoms with Gasteiger partial charge in [0.05, 0.1) is 5.02 Å². The van der Waals surface area contributed by atoms with Crippen molar-refractivity contribution in [1.29, 1.82) is 0 Å². The smallest absolute Gasteiger partial charge is 0.0539 e. The van der Waals surface area contributed by atoms with E-state index in [0.717, 1.165) is 21.7 Å². The van der Waals surface area contributed by atoms with E-state index in [0.29, 0.717) is 5.92 Å². The molecule has 0 aliphatic carbocycles. The standard InChI is InChI=1S/C10H11ClIN/c11-9-2-1-7(5-10(9)12)8-3-4-13-6-8/h1-2,5,8,13H,3-4,6H2/t8-/m1/s1. The molecule has 1 nitrogen and oxygen atoms in total. The molecule has 1 N–H and O–H groups in total. The van der Waals surface area contributed by atoms with Crippen LogP contribution in [0.3, 0.4) is 0 Å². The summed E-state index contributed by atoms with van der Waals surface area (Å²) in [5, 5.41) is 4.23. The van der Waals surface area contributed by atoms with Crippen molar-refractivity contribution in [2.45, 2.75) is 12.3 Å². The number of hydrogen-bond donors (Lipinski definition) is 1. The summed E-state index contributed by atoms with van der Waals surface area (Å²) in [6.07, 6.45) is 1.25. The van der Waals surface area contributed by atoms with E-state index in [1.54, 1.807) is 0 Å². The average molecular weight is 308 g/mol. The van der Waals surface area contributed by atoms with E-state index in [1.807, 2.05) is 6.07 Å². The van der Waals surface area contributed by atoms with E-state index >= 15 is 0 Å². The molecule has 3 heteroatoms. The van der Waals surface area contributed by atoms with Crippen molar-refractivity contribution < 1.29 is 0 Å². The Morgan fingerprint density at radius 3 is 2.92 bits per heavy atom. The third kappa shape index (κ3) is 2.17. The second-order valence-corrected chi connectivity index (χ2v) is 4.93. The molecular formula is C10H11ClIN. The third-order valence-electron chi connectivity index (χ3n) is 2.48. The number of hydrogen-bond acceptors (Lipinski definition) is 1. The second kappa shape index (κ2) is 4.15. The predicted octanol–water partition coefficient (Wildman–Crippen LogP) is 3.02. The molecule has 0 radical (unpaired) electrons. The molecule has 1 heterocycles. The zero-order chi connectivity index (χ0) is 9.26. The summed E-state index contributed by atoms with van der Waals surface area (Å²) in [4.78, 5) is 0. The first-order chi connectivity index (χ1) is 6.27. The van der Waals surface area contributed by atoms with Gasteiger partial charge in [0.25, 0.3) is 0 Å². The van der Waals surface area contributed by atoms with Crippen LogP contribution in [0.25, 0.3) is 0 Å². The number of nitrogens with one attached hydrogen (secondary N) is 1. The molecule has 1 saturated heterocycles. The van der Waals surface area contributed by atoms with Crippen molar-refractivity contribution in [2.24, 2.45) is 0 Å². The molecule has 1 aliphatic heterocycles. The Kier molecular flexibility index (Phi) is 3.11. The molecular weight excluding hydrogens is 296 g/mol. The maximum Gasteiger partial charge on any atom is 0.0539 e. The summed E-state index contributed by atoms with van der Waals surface area (Å²) < 4.78 is 1.16. The van der Waals surface area contributed by atoms with Gasteiger partial charge in [-0.25, -0.2) is 0 Å². The van der Waals surface area contributed by atoms with Gasteiger partial charge in [-0.15, -0.1) is 0 Å². The molecule has 0 bridgehead atoms. The summed E-state index contributed by atoms with van der Waals surface area (Å²) in [7, 11) is 0. The van der Waals surface area contributed by atoms with Gasteiger partial charge in [-0.1, -0.05) is 17.7 Å². The Morgan fingerprint density at radius 1 is 1.46 bits per heavy atom. The van der Waals surface area contributed by atoms with E-state index in [9.17, 15) is 0 Å². The zero-order valence-electron chi connectivity index (χ0n) is 7.19. The summed E-state index contributed by atoms with van der Waals surface area (Å²) in [6.45, 7) is 2.25. The average Bonchev–Trinajstić information content (AvgIpc) is 2.62. The van der Waals surface area contributed by atoms with Gasteiger partial charge >= 0.3 is 0 Å². The molecule has 0 spiro atoms. The number of benzene rings is 1. The van der Waals surface area contributed by atoms with Crippen LogP contribution in [0.5, 0.6) is 0 Å². The van der Waals surface area contributed by atoms with Gasteiger partial charge in [0, 0.05) is 10.1 Å². The van der Waals surface area contributed by atoms with Gasteiger partial charge < -0.3 is 5.32 Å². The molecule has 13 heavy (non-hydrogen) atoms. The molecule has 0 aromatic heterocycles. The fraction of sp³-hybridized carbons (Fsp3) is 0.400. The van der Waals surface area contributed by atoms with Gasteiger partial charge in [0.2, 0.25) is 0 Å². The lowest BCUT2D eigenvalue weighted by atomic mass is 9.99. The van der Waals surface area contributed by atoms with E-state index in [1.165, 1.54) is 12.0 Å². The Balaban J connectivity index is 2.25. The normalized spacial score (nSPS) is 22.2. The van der Waals surface area contributed by atoms with Crippen LogP contribution < -0.4 is 5.32 Å². The van der Waals surface area contributed by atoms with Gasteiger partial charge in [0.1, 0.15) is 0 Å². The van der Waals surface area contributed by atoms with Crippen molar-refractivity contribution >= 4 is 34.2 Å². The summed E-state index contributed by atoms with van der Waals surface area (Å²) in [6, 6.07) is 6.33. The van der Waals surface area contributed by atoms with Crippen molar-refractivity contribution in [3.63, 3.8) is 0 Å². The molecule has 1 aromatic carbocycles. The van der Waals surface area contributed by atoms with Crippen molar-refractivity contribution in [2.75, 3.05) is 13.1 Å². The monoisotopic (exact) mass is 307 g/mol. The minimum absolute atomic E-state index is 0.686. The number of halogens is 2. The summed E-state index contributed by atoms with van der Waals surface area (Å²) in [5.74, 6) is 0.686. The van der Waals surface area contributed by atoms with Gasteiger partial charge in [0.15, 0.2) is 0 Å². The SMILES string of the molecule is Clc1ccc([C@@H]2CCNC2)cc1I. The lowest BCUT2D eigenvalue weighted by Crippen LogP contribution is -2.07. The quantitative estimate of drug-likeness (QED) is 0.787. The van der Waals surface area contributed by atoms with E-state index in [-0.39, 0.29) is 0 Å². The van der Waals surface area contributed by atoms with Gasteiger partial charge in [-0.2, -0.15) is 0 Å². The fourth-order valence-corrected chi connectivity index (χ4v) is 2.36. The predicted molar refractivity (Wildman–Crippen MR) is 64.4 cm³/mol. The lowest BCUT2D eigenvalue weighted by Gasteiger charge is -2.09. The Hall–Kier alpha value is 0.200. The van der Waals surface area contributed by atoms with Crippen LogP contribution in [0.1, 0.15) is 17.9 Å². The highest BCUT2D eigenvalue weighted by molar-refractivity contribution is 14.1. The lowest BCUT2D eigenvalue weighted by molar-refractivity contribution is 0.763. The Labute approximate surface area is 97.0 Å². The van der Waals surface area contributed by atoms with Crippen LogP contribution in [-0.4, -0.2) is 13.1 Å². The van der Waals surface area contributed by atoms with Crippen LogP contribution in [0, 0.1) is 3.57 Å². The molecule has 1 aliphatic rings. The Morgan fingerprint density at radius 2 is 2.31 bits per heavy atom. The molecule has 1 atom stereocenters. The fourth-order valence-electron chi connectivity index (χ4n) is 1.71. The first-order valence-corrected chi connectivity index (χ1v) is 5.88. The van der Waals surface area contributed by atoms with Crippen LogP contribution >= 0.6 is 34.2 Å². The first-order valence-electron chi connectivity index (χ1n) is 4.43. The van der Waals surface area contributed by atoms with E-state index in [2.05, 4.69) is 40.0 Å². The first kappa shape index (κ1) is 9.74. The van der Waals surface area contributed by atoms with Gasteiger partial charge in [-0.3, -0.25) is 0 Å². The maximum atomic E-state index is 5.96. The van der Waals surface area contributed by atoms with Crippen molar-refractivity contribution in [3.8, 4) is 0 Å². The molecule has 0 unspecified atom stereocenters. The number of rotatable bonds is 1. The summed E-state index contributed by atoms with van der Waals surface area (Å²) >= 11 is 8.25. The van der Waals surface area contributed by atoms with Crippen LogP contribution in [-0.2, 0) is 0 Å². The molecule has 1 fully saturated rings. The highest BCUT2D eigenvalue weighted by Gasteiger charge is 2.16. The highest BCUT2D eigenvalue weighted by Crippen LogP contribution is 2.27. The van der Waals surface area contributed by atoms with Crippen LogP contribution in [0.2, 0.25) is 5.02 Å². The third-order valence-corrected chi connectivity index (χ3v) is 4.02. The zero-order valence-corrected chi connectivity index (χ0v) is 10.1. The largest absolute Gasteiger partial charge is 0.316 e. The summed E-state index contributed by atoms with van der Waals surface area (Å²) in [5.41, 5.74) is 1.42. The van der Waals surface area contributed by atoms with Crippen LogP contribution in [0.15, 0.2) is 18.2 Å². The van der Waals surface area contributed by atoms with Crippen LogP contribution in [0.4, 0.5) is 0 Å². The molecule has 0 amide bonds. The van der Waals surface area contributed by atoms with Crippen molar-refractivity contribution in [3.05, 3.63) is 32.4 Å². The topological polar surface area (TPSA) is 12.0 Å². The van der Waals surface area contributed by atoms with Crippen molar-refractivity contribution in [1.82, 2.24) is 5.32 Å². The van der Waals surface area contributed by atoms with E-state index in [4.69, 9.17) is 11.6 Å². The van der Waals surface area contributed by atoms with E-state index < -0.39 is 0 Å². The highest BCUT2D eigenvalue weighted by atomic mass is 127. The van der Waals surface area contributed by atoms with Gasteiger partial charge in [-0.05, 0) is 59.2 Å². The minimum Gasteiger partial charge on any atom is -0.316 e. The molecule has 1 aromatic rings. The molecule has 70 valence electrons. The Bertz CT molecular complexity index is 308.